The van der Waals surface area contributed by atoms with Crippen molar-refractivity contribution < 1.29 is 23.8 Å². The van der Waals surface area contributed by atoms with Crippen LogP contribution in [0.25, 0.3) is 0 Å². The molecule has 1 fully saturated rings. The van der Waals surface area contributed by atoms with Gasteiger partial charge in [0.15, 0.2) is 18.1 Å². The second kappa shape index (κ2) is 11.0. The summed E-state index contributed by atoms with van der Waals surface area (Å²) in [5.41, 5.74) is 1.48. The monoisotopic (exact) mass is 504 g/mol. The highest BCUT2D eigenvalue weighted by molar-refractivity contribution is 5.88. The Morgan fingerprint density at radius 3 is 2.62 bits per heavy atom. The molecule has 3 N–H and O–H groups in total. The minimum atomic E-state index is -0.523. The van der Waals surface area contributed by atoms with Gasteiger partial charge in [0.1, 0.15) is 36.4 Å². The van der Waals surface area contributed by atoms with Gasteiger partial charge in [-0.25, -0.2) is 9.97 Å². The average Bonchev–Trinajstić information content (AvgIpc) is 3.40. The number of carbonyl (C=O) groups excluding carboxylic acids is 2. The SMILES string of the molecule is COc1ccc2cc1OCCNC(=O)C1CCCN1C(=O)COc1cccc(c1)Nc1cc(ncn1)N2. The van der Waals surface area contributed by atoms with E-state index in [4.69, 9.17) is 14.2 Å². The second-order valence-electron chi connectivity index (χ2n) is 8.61. The van der Waals surface area contributed by atoms with Crippen molar-refractivity contribution in [1.82, 2.24) is 20.2 Å². The molecule has 2 aliphatic rings. The van der Waals surface area contributed by atoms with Crippen molar-refractivity contribution in [3.63, 3.8) is 0 Å². The predicted octanol–water partition coefficient (Wildman–Crippen LogP) is 2.85. The molecule has 11 heteroatoms. The van der Waals surface area contributed by atoms with Crippen molar-refractivity contribution >= 4 is 34.8 Å². The van der Waals surface area contributed by atoms with Crippen LogP contribution in [0.4, 0.5) is 23.0 Å². The van der Waals surface area contributed by atoms with Crippen molar-refractivity contribution in [2.45, 2.75) is 18.9 Å². The maximum Gasteiger partial charge on any atom is 0.261 e. The van der Waals surface area contributed by atoms with E-state index in [1.54, 1.807) is 42.3 Å². The Labute approximate surface area is 214 Å². The smallest absolute Gasteiger partial charge is 0.261 e. The molecule has 6 bridgehead atoms. The van der Waals surface area contributed by atoms with Crippen molar-refractivity contribution in [1.29, 1.82) is 0 Å². The zero-order valence-corrected chi connectivity index (χ0v) is 20.4. The van der Waals surface area contributed by atoms with Crippen molar-refractivity contribution in [3.05, 3.63) is 54.9 Å². The fourth-order valence-corrected chi connectivity index (χ4v) is 4.34. The molecule has 37 heavy (non-hydrogen) atoms. The quantitative estimate of drug-likeness (QED) is 0.458. The first kappa shape index (κ1) is 24.2. The van der Waals surface area contributed by atoms with Gasteiger partial charge < -0.3 is 35.1 Å². The molecular weight excluding hydrogens is 476 g/mol. The fourth-order valence-electron chi connectivity index (χ4n) is 4.34. The number of ether oxygens (including phenoxy) is 3. The van der Waals surface area contributed by atoms with E-state index >= 15 is 0 Å². The Kier molecular flexibility index (Phi) is 7.20. The number of rotatable bonds is 1. The van der Waals surface area contributed by atoms with Crippen molar-refractivity contribution in [2.75, 3.05) is 44.0 Å². The summed E-state index contributed by atoms with van der Waals surface area (Å²) in [5, 5.41) is 9.35. The van der Waals surface area contributed by atoms with Gasteiger partial charge in [-0.2, -0.15) is 0 Å². The van der Waals surface area contributed by atoms with Crippen LogP contribution in [0.1, 0.15) is 12.8 Å². The maximum absolute atomic E-state index is 12.9. The highest BCUT2D eigenvalue weighted by atomic mass is 16.5. The molecule has 5 rings (SSSR count). The van der Waals surface area contributed by atoms with Gasteiger partial charge in [0.05, 0.1) is 13.7 Å². The van der Waals surface area contributed by atoms with Crippen LogP contribution in [-0.2, 0) is 9.59 Å². The molecule has 0 radical (unpaired) electrons. The zero-order valence-electron chi connectivity index (χ0n) is 20.4. The Morgan fingerprint density at radius 1 is 1.00 bits per heavy atom. The van der Waals surface area contributed by atoms with Crippen LogP contribution in [0.5, 0.6) is 17.2 Å². The van der Waals surface area contributed by atoms with E-state index in [0.29, 0.717) is 41.8 Å². The third-order valence-electron chi connectivity index (χ3n) is 6.11. The van der Waals surface area contributed by atoms with E-state index in [9.17, 15) is 9.59 Å². The number of hydrogen-bond acceptors (Lipinski definition) is 9. The zero-order chi connectivity index (χ0) is 25.6. The van der Waals surface area contributed by atoms with Crippen LogP contribution >= 0.6 is 0 Å². The van der Waals surface area contributed by atoms with E-state index in [-0.39, 0.29) is 31.6 Å². The van der Waals surface area contributed by atoms with Gasteiger partial charge in [0.2, 0.25) is 5.91 Å². The van der Waals surface area contributed by atoms with E-state index in [1.807, 2.05) is 18.2 Å². The molecule has 3 aromatic rings. The molecule has 2 amide bonds. The number of hydrogen-bond donors (Lipinski definition) is 3. The lowest BCUT2D eigenvalue weighted by Crippen LogP contribution is -2.48. The van der Waals surface area contributed by atoms with Crippen LogP contribution < -0.4 is 30.2 Å². The largest absolute Gasteiger partial charge is 0.493 e. The predicted molar refractivity (Wildman–Crippen MR) is 137 cm³/mol. The lowest BCUT2D eigenvalue weighted by atomic mass is 10.2. The molecule has 1 saturated heterocycles. The summed E-state index contributed by atoms with van der Waals surface area (Å²) in [6, 6.07) is 13.9. The molecule has 0 spiro atoms. The molecule has 0 saturated carbocycles. The average molecular weight is 505 g/mol. The van der Waals surface area contributed by atoms with Gasteiger partial charge in [0.25, 0.3) is 5.91 Å². The summed E-state index contributed by atoms with van der Waals surface area (Å²) in [7, 11) is 1.57. The van der Waals surface area contributed by atoms with Crippen LogP contribution in [0.3, 0.4) is 0 Å². The number of anilines is 4. The van der Waals surface area contributed by atoms with Crippen molar-refractivity contribution in [3.8, 4) is 17.2 Å². The summed E-state index contributed by atoms with van der Waals surface area (Å²) >= 11 is 0. The molecule has 192 valence electrons. The van der Waals surface area contributed by atoms with Gasteiger partial charge in [-0.15, -0.1) is 0 Å². The summed E-state index contributed by atoms with van der Waals surface area (Å²) in [4.78, 5) is 35.9. The summed E-state index contributed by atoms with van der Waals surface area (Å²) in [5.74, 6) is 2.33. The number of carbonyl (C=O) groups is 2. The number of methoxy groups -OCH3 is 1. The molecular formula is C26H28N6O5. The lowest BCUT2D eigenvalue weighted by molar-refractivity contribution is -0.140. The van der Waals surface area contributed by atoms with Gasteiger partial charge in [-0.1, -0.05) is 6.07 Å². The summed E-state index contributed by atoms with van der Waals surface area (Å²) in [6.45, 7) is 0.869. The number of nitrogens with one attached hydrogen (secondary N) is 3. The fraction of sp³-hybridized carbons (Fsp3) is 0.308. The second-order valence-corrected chi connectivity index (χ2v) is 8.61. The summed E-state index contributed by atoms with van der Waals surface area (Å²) < 4.78 is 17.1. The molecule has 2 aliphatic heterocycles. The number of amides is 2. The van der Waals surface area contributed by atoms with Gasteiger partial charge in [0, 0.05) is 36.1 Å². The summed E-state index contributed by atoms with van der Waals surface area (Å²) in [6.07, 6.45) is 2.83. The molecule has 3 heterocycles. The molecule has 0 aliphatic carbocycles. The molecule has 1 unspecified atom stereocenters. The van der Waals surface area contributed by atoms with Crippen LogP contribution in [0, 0.1) is 0 Å². The first-order chi connectivity index (χ1) is 18.1. The molecule has 1 aromatic heterocycles. The molecule has 2 aromatic carbocycles. The number of aromatic nitrogens is 2. The Bertz CT molecular complexity index is 1290. The van der Waals surface area contributed by atoms with Crippen LogP contribution in [0.15, 0.2) is 54.9 Å². The molecule has 11 nitrogen and oxygen atoms in total. The third-order valence-corrected chi connectivity index (χ3v) is 6.11. The van der Waals surface area contributed by atoms with E-state index < -0.39 is 6.04 Å². The van der Waals surface area contributed by atoms with Crippen LogP contribution in [0.2, 0.25) is 0 Å². The van der Waals surface area contributed by atoms with Gasteiger partial charge in [-0.05, 0) is 37.1 Å². The highest BCUT2D eigenvalue weighted by Crippen LogP contribution is 2.31. The number of nitrogens with zero attached hydrogens (tertiary/aromatic N) is 3. The molecule has 1 atom stereocenters. The highest BCUT2D eigenvalue weighted by Gasteiger charge is 2.34. The van der Waals surface area contributed by atoms with E-state index in [1.165, 1.54) is 6.33 Å². The minimum absolute atomic E-state index is 0.159. The Balaban J connectivity index is 1.42. The van der Waals surface area contributed by atoms with E-state index in [0.717, 1.165) is 17.8 Å². The Morgan fingerprint density at radius 2 is 1.81 bits per heavy atom. The van der Waals surface area contributed by atoms with Crippen molar-refractivity contribution in [2.24, 2.45) is 0 Å². The standard InChI is InChI=1S/C26H28N6O5/c1-35-21-8-7-18-13-22(21)36-11-9-27-26(34)20-6-3-10-32(20)25(33)15-37-19-5-2-4-17(12-19)30-23-14-24(31-18)29-16-28-23/h2,4-5,7-8,12-14,16,20H,3,6,9-11,15H2,1H3,(H,27,34)(H2,28,29,30,31). The first-order valence-electron chi connectivity index (χ1n) is 12.1. The lowest BCUT2D eigenvalue weighted by Gasteiger charge is -2.24. The number of benzene rings is 2. The van der Waals surface area contributed by atoms with Gasteiger partial charge >= 0.3 is 0 Å². The van der Waals surface area contributed by atoms with Crippen LogP contribution in [-0.4, -0.2) is 66.1 Å². The normalized spacial score (nSPS) is 18.1. The third kappa shape index (κ3) is 5.83. The number of fused-ring (bicyclic) bond motifs is 7. The Hall–Kier alpha value is -4.54. The maximum atomic E-state index is 12.9. The minimum Gasteiger partial charge on any atom is -0.493 e. The first-order valence-corrected chi connectivity index (χ1v) is 12.1. The topological polar surface area (TPSA) is 127 Å². The van der Waals surface area contributed by atoms with E-state index in [2.05, 4.69) is 25.9 Å². The van der Waals surface area contributed by atoms with Gasteiger partial charge in [-0.3, -0.25) is 9.59 Å².